The fraction of sp³-hybridized carbons (Fsp3) is 0.316. The smallest absolute Gasteiger partial charge is 0.136 e. The maximum atomic E-state index is 11.8. The topological polar surface area (TPSA) is 20.3 Å². The molecule has 0 saturated carbocycles. The second kappa shape index (κ2) is 6.68. The predicted octanol–water partition coefficient (Wildman–Crippen LogP) is 3.64. The van der Waals surface area contributed by atoms with E-state index in [0.717, 1.165) is 19.5 Å². The molecule has 1 aliphatic heterocycles. The third kappa shape index (κ3) is 3.59. The van der Waals surface area contributed by atoms with Gasteiger partial charge >= 0.3 is 0 Å². The molecule has 3 rings (SSSR count). The van der Waals surface area contributed by atoms with Crippen molar-refractivity contribution in [2.75, 3.05) is 13.1 Å². The Balaban J connectivity index is 1.71. The third-order valence-corrected chi connectivity index (χ3v) is 4.25. The maximum absolute atomic E-state index is 11.8. The van der Waals surface area contributed by atoms with Crippen LogP contribution in [0.4, 0.5) is 0 Å². The number of carbonyl (C=O) groups is 1. The molecule has 2 heteroatoms. The van der Waals surface area contributed by atoms with Crippen LogP contribution in [0.3, 0.4) is 0 Å². The molecule has 0 bridgehead atoms. The largest absolute Gasteiger partial charge is 0.300 e. The maximum Gasteiger partial charge on any atom is 0.136 e. The summed E-state index contributed by atoms with van der Waals surface area (Å²) in [6, 6.07) is 21.2. The highest BCUT2D eigenvalue weighted by molar-refractivity contribution is 5.80. The number of ketones is 1. The molecule has 1 saturated heterocycles. The van der Waals surface area contributed by atoms with Crippen molar-refractivity contribution in [3.05, 3.63) is 71.8 Å². The van der Waals surface area contributed by atoms with E-state index < -0.39 is 0 Å². The number of rotatable bonds is 4. The van der Waals surface area contributed by atoms with Crippen molar-refractivity contribution in [3.8, 4) is 0 Å². The molecule has 1 aliphatic rings. The SMILES string of the molecule is O=C1CCN(CCc2ccccc2)C(c2ccccc2)C1. The molecular weight excluding hydrogens is 258 g/mol. The Morgan fingerprint density at radius 1 is 0.952 bits per heavy atom. The lowest BCUT2D eigenvalue weighted by atomic mass is 9.94. The fourth-order valence-electron chi connectivity index (χ4n) is 3.06. The van der Waals surface area contributed by atoms with E-state index in [1.165, 1.54) is 11.1 Å². The van der Waals surface area contributed by atoms with Gasteiger partial charge in [0, 0.05) is 32.0 Å². The van der Waals surface area contributed by atoms with Crippen molar-refractivity contribution in [1.29, 1.82) is 0 Å². The average molecular weight is 279 g/mol. The molecule has 0 radical (unpaired) electrons. The molecule has 108 valence electrons. The van der Waals surface area contributed by atoms with E-state index in [9.17, 15) is 4.79 Å². The Labute approximate surface area is 126 Å². The van der Waals surface area contributed by atoms with E-state index in [1.807, 2.05) is 6.07 Å². The van der Waals surface area contributed by atoms with E-state index >= 15 is 0 Å². The normalized spacial score (nSPS) is 19.6. The fourth-order valence-corrected chi connectivity index (χ4v) is 3.06. The van der Waals surface area contributed by atoms with Crippen LogP contribution in [-0.2, 0) is 11.2 Å². The second-order valence-electron chi connectivity index (χ2n) is 5.69. The Bertz CT molecular complexity index is 579. The van der Waals surface area contributed by atoms with Crippen LogP contribution in [0.25, 0.3) is 0 Å². The summed E-state index contributed by atoms with van der Waals surface area (Å²) in [6.45, 7) is 1.89. The summed E-state index contributed by atoms with van der Waals surface area (Å²) in [5.41, 5.74) is 2.62. The van der Waals surface area contributed by atoms with Gasteiger partial charge in [0.1, 0.15) is 5.78 Å². The molecule has 2 aromatic rings. The highest BCUT2D eigenvalue weighted by Crippen LogP contribution is 2.29. The van der Waals surface area contributed by atoms with E-state index in [-0.39, 0.29) is 6.04 Å². The molecule has 0 N–H and O–H groups in total. The minimum atomic E-state index is 0.246. The van der Waals surface area contributed by atoms with Gasteiger partial charge in [-0.15, -0.1) is 0 Å². The van der Waals surface area contributed by atoms with Gasteiger partial charge in [0.15, 0.2) is 0 Å². The van der Waals surface area contributed by atoms with Gasteiger partial charge in [-0.25, -0.2) is 0 Å². The van der Waals surface area contributed by atoms with Gasteiger partial charge in [0.05, 0.1) is 0 Å². The molecule has 0 aromatic heterocycles. The molecule has 0 amide bonds. The van der Waals surface area contributed by atoms with Crippen LogP contribution in [0.5, 0.6) is 0 Å². The summed E-state index contributed by atoms with van der Waals surface area (Å²) in [5, 5.41) is 0. The van der Waals surface area contributed by atoms with Crippen molar-refractivity contribution in [2.45, 2.75) is 25.3 Å². The lowest BCUT2D eigenvalue weighted by Gasteiger charge is -2.35. The highest BCUT2D eigenvalue weighted by Gasteiger charge is 2.27. The predicted molar refractivity (Wildman–Crippen MR) is 85.1 cm³/mol. The second-order valence-corrected chi connectivity index (χ2v) is 5.69. The third-order valence-electron chi connectivity index (χ3n) is 4.25. The molecule has 1 atom stereocenters. The van der Waals surface area contributed by atoms with Gasteiger partial charge < -0.3 is 0 Å². The van der Waals surface area contributed by atoms with Crippen molar-refractivity contribution in [3.63, 3.8) is 0 Å². The number of hydrogen-bond donors (Lipinski definition) is 0. The molecule has 1 fully saturated rings. The molecule has 2 aromatic carbocycles. The van der Waals surface area contributed by atoms with Crippen LogP contribution in [0, 0.1) is 0 Å². The highest BCUT2D eigenvalue weighted by atomic mass is 16.1. The number of benzene rings is 2. The van der Waals surface area contributed by atoms with Crippen LogP contribution in [0.1, 0.15) is 30.0 Å². The van der Waals surface area contributed by atoms with Crippen LogP contribution < -0.4 is 0 Å². The van der Waals surface area contributed by atoms with Crippen molar-refractivity contribution in [2.24, 2.45) is 0 Å². The van der Waals surface area contributed by atoms with E-state index in [0.29, 0.717) is 18.6 Å². The average Bonchev–Trinajstić information content (AvgIpc) is 2.55. The summed E-state index contributed by atoms with van der Waals surface area (Å²) < 4.78 is 0. The number of piperidine rings is 1. The molecule has 2 nitrogen and oxygen atoms in total. The van der Waals surface area contributed by atoms with Crippen LogP contribution in [0.2, 0.25) is 0 Å². The van der Waals surface area contributed by atoms with E-state index in [4.69, 9.17) is 0 Å². The van der Waals surface area contributed by atoms with Gasteiger partial charge in [-0.1, -0.05) is 60.7 Å². The number of carbonyl (C=O) groups excluding carboxylic acids is 1. The first-order chi connectivity index (χ1) is 10.3. The summed E-state index contributed by atoms with van der Waals surface area (Å²) >= 11 is 0. The molecule has 1 heterocycles. The Kier molecular flexibility index (Phi) is 4.46. The summed E-state index contributed by atoms with van der Waals surface area (Å²) in [5.74, 6) is 0.389. The van der Waals surface area contributed by atoms with E-state index in [1.54, 1.807) is 0 Å². The quantitative estimate of drug-likeness (QED) is 0.851. The Morgan fingerprint density at radius 2 is 1.62 bits per heavy atom. The first-order valence-electron chi connectivity index (χ1n) is 7.67. The molecule has 0 aliphatic carbocycles. The number of likely N-dealkylation sites (tertiary alicyclic amines) is 1. The van der Waals surface area contributed by atoms with Crippen molar-refractivity contribution < 1.29 is 4.79 Å². The standard InChI is InChI=1S/C19H21NO/c21-18-12-14-20(13-11-16-7-3-1-4-8-16)19(15-18)17-9-5-2-6-10-17/h1-10,19H,11-15H2. The number of nitrogens with zero attached hydrogens (tertiary/aromatic N) is 1. The minimum absolute atomic E-state index is 0.246. The van der Waals surface area contributed by atoms with Gasteiger partial charge in [0.2, 0.25) is 0 Å². The zero-order valence-electron chi connectivity index (χ0n) is 12.2. The number of hydrogen-bond acceptors (Lipinski definition) is 2. The zero-order chi connectivity index (χ0) is 14.5. The van der Waals surface area contributed by atoms with Gasteiger partial charge in [-0.05, 0) is 17.5 Å². The van der Waals surface area contributed by atoms with E-state index in [2.05, 4.69) is 59.5 Å². The van der Waals surface area contributed by atoms with Gasteiger partial charge in [-0.3, -0.25) is 9.69 Å². The first kappa shape index (κ1) is 14.0. The minimum Gasteiger partial charge on any atom is -0.300 e. The van der Waals surface area contributed by atoms with Crippen LogP contribution >= 0.6 is 0 Å². The summed E-state index contributed by atoms with van der Waals surface area (Å²) in [6.07, 6.45) is 2.38. The zero-order valence-corrected chi connectivity index (χ0v) is 12.2. The number of Topliss-reactive ketones (excluding diaryl/α,β-unsaturated/α-hetero) is 1. The molecular formula is C19H21NO. The van der Waals surface area contributed by atoms with Gasteiger partial charge in [-0.2, -0.15) is 0 Å². The van der Waals surface area contributed by atoms with Crippen LogP contribution in [0.15, 0.2) is 60.7 Å². The molecule has 0 spiro atoms. The Morgan fingerprint density at radius 3 is 2.33 bits per heavy atom. The monoisotopic (exact) mass is 279 g/mol. The first-order valence-corrected chi connectivity index (χ1v) is 7.67. The van der Waals surface area contributed by atoms with Crippen molar-refractivity contribution >= 4 is 5.78 Å². The lowest BCUT2D eigenvalue weighted by Crippen LogP contribution is -2.38. The summed E-state index contributed by atoms with van der Waals surface area (Å²) in [4.78, 5) is 14.3. The van der Waals surface area contributed by atoms with Crippen LogP contribution in [-0.4, -0.2) is 23.8 Å². The molecule has 21 heavy (non-hydrogen) atoms. The van der Waals surface area contributed by atoms with Gasteiger partial charge in [0.25, 0.3) is 0 Å². The summed E-state index contributed by atoms with van der Waals surface area (Å²) in [7, 11) is 0. The Hall–Kier alpha value is -1.93. The molecule has 1 unspecified atom stereocenters. The van der Waals surface area contributed by atoms with Crippen molar-refractivity contribution in [1.82, 2.24) is 4.90 Å². The lowest BCUT2D eigenvalue weighted by molar-refractivity contribution is -0.123.